The van der Waals surface area contributed by atoms with Gasteiger partial charge in [0, 0.05) is 25.3 Å². The molecule has 0 saturated heterocycles. The molecule has 0 atom stereocenters. The molecule has 0 aliphatic rings. The van der Waals surface area contributed by atoms with Crippen LogP contribution in [0.2, 0.25) is 0 Å². The Hall–Kier alpha value is -3.71. The first-order valence-electron chi connectivity index (χ1n) is 9.91. The summed E-state index contributed by atoms with van der Waals surface area (Å²) >= 11 is 0. The lowest BCUT2D eigenvalue weighted by Crippen LogP contribution is -2.26. The number of ether oxygens (including phenoxy) is 1. The van der Waals surface area contributed by atoms with E-state index in [2.05, 4.69) is 0 Å². The number of hydrogen-bond acceptors (Lipinski definition) is 6. The van der Waals surface area contributed by atoms with Crippen molar-refractivity contribution in [2.24, 2.45) is 0 Å². The number of rotatable bonds is 10. The molecule has 0 unspecified atom stereocenters. The molecule has 0 aliphatic carbocycles. The molecule has 0 heterocycles. The van der Waals surface area contributed by atoms with Gasteiger partial charge in [-0.2, -0.15) is 0 Å². The van der Waals surface area contributed by atoms with Gasteiger partial charge in [-0.1, -0.05) is 48.5 Å². The van der Waals surface area contributed by atoms with Crippen molar-refractivity contribution in [3.05, 3.63) is 99.6 Å². The summed E-state index contributed by atoms with van der Waals surface area (Å²) in [4.78, 5) is 26.4. The van der Waals surface area contributed by atoms with Gasteiger partial charge in [-0.15, -0.1) is 0 Å². The molecule has 0 radical (unpaired) electrons. The van der Waals surface area contributed by atoms with E-state index in [-0.39, 0.29) is 17.9 Å². The van der Waals surface area contributed by atoms with Gasteiger partial charge >= 0.3 is 5.69 Å². The maximum atomic E-state index is 13.0. The Kier molecular flexibility index (Phi) is 7.35. The number of aliphatic hydroxyl groups is 1. The molecule has 0 bridgehead atoms. The first-order valence-corrected chi connectivity index (χ1v) is 9.91. The summed E-state index contributed by atoms with van der Waals surface area (Å²) in [6.45, 7) is 0.732. The monoisotopic (exact) mass is 420 g/mol. The van der Waals surface area contributed by atoms with E-state index in [1.807, 2.05) is 29.2 Å². The van der Waals surface area contributed by atoms with Crippen molar-refractivity contribution in [2.45, 2.75) is 13.0 Å². The molecular formula is C24H24N2O5. The molecule has 0 aliphatic heterocycles. The first kappa shape index (κ1) is 22.0. The summed E-state index contributed by atoms with van der Waals surface area (Å²) in [5.41, 5.74) is 1.46. The van der Waals surface area contributed by atoms with Crippen LogP contribution in [0, 0.1) is 10.1 Å². The molecule has 7 heteroatoms. The molecule has 0 saturated carbocycles. The molecule has 160 valence electrons. The van der Waals surface area contributed by atoms with Gasteiger partial charge in [0.05, 0.1) is 12.0 Å². The van der Waals surface area contributed by atoms with Gasteiger partial charge in [0.15, 0.2) is 5.78 Å². The van der Waals surface area contributed by atoms with Gasteiger partial charge in [-0.05, 0) is 36.2 Å². The molecule has 0 spiro atoms. The Bertz CT molecular complexity index is 1040. The fourth-order valence-electron chi connectivity index (χ4n) is 3.40. The van der Waals surface area contributed by atoms with Crippen LogP contribution in [0.5, 0.6) is 5.75 Å². The van der Waals surface area contributed by atoms with Crippen LogP contribution in [0.4, 0.5) is 11.4 Å². The van der Waals surface area contributed by atoms with Gasteiger partial charge in [0.2, 0.25) is 0 Å². The summed E-state index contributed by atoms with van der Waals surface area (Å²) in [5, 5.41) is 21.4. The predicted molar refractivity (Wildman–Crippen MR) is 119 cm³/mol. The maximum absolute atomic E-state index is 13.0. The van der Waals surface area contributed by atoms with Crippen LogP contribution in [0.1, 0.15) is 27.9 Å². The van der Waals surface area contributed by atoms with Crippen molar-refractivity contribution in [1.29, 1.82) is 0 Å². The highest BCUT2D eigenvalue weighted by Crippen LogP contribution is 2.34. The van der Waals surface area contributed by atoms with E-state index in [9.17, 15) is 20.0 Å². The van der Waals surface area contributed by atoms with Crippen LogP contribution >= 0.6 is 0 Å². The van der Waals surface area contributed by atoms with E-state index in [1.165, 1.54) is 6.07 Å². The van der Waals surface area contributed by atoms with E-state index >= 15 is 0 Å². The number of benzene rings is 3. The number of nitro benzene ring substituents is 1. The van der Waals surface area contributed by atoms with Crippen molar-refractivity contribution < 1.29 is 19.6 Å². The standard InChI is InChI=1S/C24H24N2O5/c1-31-20-13-11-18(12-14-20)17-25(15-6-16-27)22-10-5-9-21(23(22)26(29)30)24(28)19-7-3-2-4-8-19/h2-5,7-14,27H,6,15-17H2,1H3. The molecular weight excluding hydrogens is 396 g/mol. The number of ketones is 1. The van der Waals surface area contributed by atoms with Gasteiger partial charge in [-0.25, -0.2) is 0 Å². The molecule has 7 nitrogen and oxygen atoms in total. The number of nitro groups is 1. The average Bonchev–Trinajstić information content (AvgIpc) is 2.81. The number of methoxy groups -OCH3 is 1. The molecule has 0 aromatic heterocycles. The highest BCUT2D eigenvalue weighted by Gasteiger charge is 2.28. The second kappa shape index (κ2) is 10.4. The van der Waals surface area contributed by atoms with E-state index in [0.717, 1.165) is 5.56 Å². The van der Waals surface area contributed by atoms with E-state index in [1.54, 1.807) is 49.6 Å². The minimum Gasteiger partial charge on any atom is -0.497 e. The quantitative estimate of drug-likeness (QED) is 0.300. The SMILES string of the molecule is COc1ccc(CN(CCCO)c2cccc(C(=O)c3ccccc3)c2[N+](=O)[O-])cc1. The minimum atomic E-state index is -0.508. The lowest BCUT2D eigenvalue weighted by molar-refractivity contribution is -0.384. The zero-order chi connectivity index (χ0) is 22.2. The topological polar surface area (TPSA) is 92.9 Å². The summed E-state index contributed by atoms with van der Waals surface area (Å²) in [7, 11) is 1.58. The minimum absolute atomic E-state index is 0.0393. The van der Waals surface area contributed by atoms with Crippen LogP contribution in [0.3, 0.4) is 0 Å². The third-order valence-electron chi connectivity index (χ3n) is 4.94. The number of aliphatic hydroxyl groups excluding tert-OH is 1. The predicted octanol–water partition coefficient (Wildman–Crippen LogP) is 4.22. The van der Waals surface area contributed by atoms with Crippen molar-refractivity contribution in [2.75, 3.05) is 25.2 Å². The van der Waals surface area contributed by atoms with Crippen LogP contribution in [0.15, 0.2) is 72.8 Å². The zero-order valence-electron chi connectivity index (χ0n) is 17.2. The van der Waals surface area contributed by atoms with Gasteiger partial charge in [-0.3, -0.25) is 14.9 Å². The lowest BCUT2D eigenvalue weighted by Gasteiger charge is -2.25. The summed E-state index contributed by atoms with van der Waals surface area (Å²) in [6.07, 6.45) is 0.435. The zero-order valence-corrected chi connectivity index (χ0v) is 17.2. The van der Waals surface area contributed by atoms with Gasteiger partial charge < -0.3 is 14.7 Å². The first-order chi connectivity index (χ1) is 15.0. The normalized spacial score (nSPS) is 10.5. The molecule has 1 N–H and O–H groups in total. The third kappa shape index (κ3) is 5.26. The van der Waals surface area contributed by atoms with E-state index < -0.39 is 10.7 Å². The van der Waals surface area contributed by atoms with Gasteiger partial charge in [0.1, 0.15) is 17.0 Å². The lowest BCUT2D eigenvalue weighted by atomic mass is 10.00. The Morgan fingerprint density at radius 1 is 1.03 bits per heavy atom. The van der Waals surface area contributed by atoms with Crippen LogP contribution < -0.4 is 9.64 Å². The summed E-state index contributed by atoms with van der Waals surface area (Å²) in [5.74, 6) is 0.313. The fraction of sp³-hybridized carbons (Fsp3) is 0.208. The number of carbonyl (C=O) groups excluding carboxylic acids is 1. The van der Waals surface area contributed by atoms with Crippen molar-refractivity contribution in [3.63, 3.8) is 0 Å². The van der Waals surface area contributed by atoms with Crippen molar-refractivity contribution >= 4 is 17.2 Å². The molecule has 31 heavy (non-hydrogen) atoms. The highest BCUT2D eigenvalue weighted by molar-refractivity contribution is 6.12. The number of carbonyl (C=O) groups is 1. The van der Waals surface area contributed by atoms with Crippen LogP contribution in [-0.2, 0) is 6.54 Å². The summed E-state index contributed by atoms with van der Waals surface area (Å²) in [6, 6.07) is 20.7. The molecule has 0 amide bonds. The third-order valence-corrected chi connectivity index (χ3v) is 4.94. The fourth-order valence-corrected chi connectivity index (χ4v) is 3.40. The highest BCUT2D eigenvalue weighted by atomic mass is 16.6. The van der Waals surface area contributed by atoms with Crippen LogP contribution in [0.25, 0.3) is 0 Å². The van der Waals surface area contributed by atoms with Gasteiger partial charge in [0.25, 0.3) is 0 Å². The largest absolute Gasteiger partial charge is 0.497 e. The Labute approximate surface area is 180 Å². The molecule has 3 aromatic carbocycles. The number of para-hydroxylation sites is 1. The maximum Gasteiger partial charge on any atom is 0.303 e. The molecule has 3 aromatic rings. The number of nitrogens with zero attached hydrogens (tertiary/aromatic N) is 2. The number of hydrogen-bond donors (Lipinski definition) is 1. The Morgan fingerprint density at radius 3 is 2.35 bits per heavy atom. The number of anilines is 1. The summed E-state index contributed by atoms with van der Waals surface area (Å²) < 4.78 is 5.18. The Balaban J connectivity index is 2.03. The van der Waals surface area contributed by atoms with Crippen molar-refractivity contribution in [1.82, 2.24) is 0 Å². The van der Waals surface area contributed by atoms with Crippen molar-refractivity contribution in [3.8, 4) is 5.75 Å². The average molecular weight is 420 g/mol. The molecule has 3 rings (SSSR count). The van der Waals surface area contributed by atoms with Crippen LogP contribution in [-0.4, -0.2) is 36.1 Å². The smallest absolute Gasteiger partial charge is 0.303 e. The second-order valence-corrected chi connectivity index (χ2v) is 6.97. The van der Waals surface area contributed by atoms with E-state index in [0.29, 0.717) is 36.5 Å². The molecule has 0 fully saturated rings. The second-order valence-electron chi connectivity index (χ2n) is 6.97. The van der Waals surface area contributed by atoms with E-state index in [4.69, 9.17) is 4.74 Å². The Morgan fingerprint density at radius 2 is 1.74 bits per heavy atom.